The highest BCUT2D eigenvalue weighted by Crippen LogP contribution is 2.27. The molecule has 0 saturated heterocycles. The first kappa shape index (κ1) is 15.2. The zero-order valence-corrected chi connectivity index (χ0v) is 12.5. The van der Waals surface area contributed by atoms with Crippen LogP contribution in [0.2, 0.25) is 5.02 Å². The summed E-state index contributed by atoms with van der Waals surface area (Å²) in [6.07, 6.45) is 0.961. The SMILES string of the molecule is COc1cc(NC(=O)CCc2ccccc2N)ccc1Cl. The summed E-state index contributed by atoms with van der Waals surface area (Å²) in [4.78, 5) is 12.0. The number of hydrogen-bond donors (Lipinski definition) is 2. The highest BCUT2D eigenvalue weighted by molar-refractivity contribution is 6.32. The highest BCUT2D eigenvalue weighted by Gasteiger charge is 2.07. The Bertz CT molecular complexity index is 644. The minimum absolute atomic E-state index is 0.0809. The molecular weight excluding hydrogens is 288 g/mol. The number of carbonyl (C=O) groups excluding carboxylic acids is 1. The molecule has 0 heterocycles. The van der Waals surface area contributed by atoms with Crippen molar-refractivity contribution in [3.8, 4) is 5.75 Å². The monoisotopic (exact) mass is 304 g/mol. The Hall–Kier alpha value is -2.20. The summed E-state index contributed by atoms with van der Waals surface area (Å²) < 4.78 is 5.11. The molecule has 0 fully saturated rings. The molecule has 0 aromatic heterocycles. The van der Waals surface area contributed by atoms with Crippen molar-refractivity contribution in [3.63, 3.8) is 0 Å². The Morgan fingerprint density at radius 3 is 2.76 bits per heavy atom. The second-order valence-electron chi connectivity index (χ2n) is 4.60. The molecule has 3 N–H and O–H groups in total. The molecule has 0 radical (unpaired) electrons. The van der Waals surface area contributed by atoms with Crippen molar-refractivity contribution in [2.45, 2.75) is 12.8 Å². The number of nitrogens with two attached hydrogens (primary N) is 1. The number of carbonyl (C=O) groups is 1. The van der Waals surface area contributed by atoms with Gasteiger partial charge in [-0.2, -0.15) is 0 Å². The van der Waals surface area contributed by atoms with E-state index in [4.69, 9.17) is 22.1 Å². The van der Waals surface area contributed by atoms with Gasteiger partial charge in [0.15, 0.2) is 0 Å². The Kier molecular flexibility index (Phi) is 5.06. The maximum atomic E-state index is 12.0. The summed E-state index contributed by atoms with van der Waals surface area (Å²) in [5.74, 6) is 0.449. The van der Waals surface area contributed by atoms with E-state index in [0.29, 0.717) is 35.0 Å². The number of ether oxygens (including phenoxy) is 1. The lowest BCUT2D eigenvalue weighted by atomic mass is 10.1. The molecule has 110 valence electrons. The van der Waals surface area contributed by atoms with Crippen molar-refractivity contribution < 1.29 is 9.53 Å². The summed E-state index contributed by atoms with van der Waals surface area (Å²) in [5, 5.41) is 3.32. The van der Waals surface area contributed by atoms with Crippen LogP contribution in [0.15, 0.2) is 42.5 Å². The molecule has 0 bridgehead atoms. The van der Waals surface area contributed by atoms with E-state index in [1.807, 2.05) is 24.3 Å². The molecule has 0 aliphatic rings. The molecule has 0 spiro atoms. The average Bonchev–Trinajstić information content (AvgIpc) is 2.48. The first-order valence-electron chi connectivity index (χ1n) is 6.57. The number of aryl methyl sites for hydroxylation is 1. The lowest BCUT2D eigenvalue weighted by molar-refractivity contribution is -0.116. The Morgan fingerprint density at radius 1 is 1.29 bits per heavy atom. The van der Waals surface area contributed by atoms with Crippen LogP contribution in [-0.4, -0.2) is 13.0 Å². The van der Waals surface area contributed by atoms with Gasteiger partial charge in [0.05, 0.1) is 12.1 Å². The summed E-state index contributed by atoms with van der Waals surface area (Å²) >= 11 is 5.94. The van der Waals surface area contributed by atoms with Gasteiger partial charge >= 0.3 is 0 Å². The normalized spacial score (nSPS) is 10.2. The summed E-state index contributed by atoms with van der Waals surface area (Å²) in [5.41, 5.74) is 8.19. The molecule has 0 aliphatic heterocycles. The van der Waals surface area contributed by atoms with E-state index < -0.39 is 0 Å². The Morgan fingerprint density at radius 2 is 2.05 bits per heavy atom. The summed E-state index contributed by atoms with van der Waals surface area (Å²) in [7, 11) is 1.53. The van der Waals surface area contributed by atoms with Crippen molar-refractivity contribution in [2.75, 3.05) is 18.2 Å². The third-order valence-corrected chi connectivity index (χ3v) is 3.42. The van der Waals surface area contributed by atoms with E-state index in [0.717, 1.165) is 5.56 Å². The van der Waals surface area contributed by atoms with Crippen LogP contribution < -0.4 is 15.8 Å². The van der Waals surface area contributed by atoms with E-state index in [9.17, 15) is 4.79 Å². The van der Waals surface area contributed by atoms with E-state index >= 15 is 0 Å². The Labute approximate surface area is 128 Å². The number of halogens is 1. The zero-order valence-electron chi connectivity index (χ0n) is 11.7. The number of anilines is 2. The van der Waals surface area contributed by atoms with Gasteiger partial charge < -0.3 is 15.8 Å². The van der Waals surface area contributed by atoms with Crippen LogP contribution in [0.4, 0.5) is 11.4 Å². The first-order valence-corrected chi connectivity index (χ1v) is 6.94. The van der Waals surface area contributed by atoms with Crippen LogP contribution in [0.25, 0.3) is 0 Å². The molecule has 2 aromatic carbocycles. The number of hydrogen-bond acceptors (Lipinski definition) is 3. The minimum Gasteiger partial charge on any atom is -0.495 e. The van der Waals surface area contributed by atoms with Gasteiger partial charge in [0.25, 0.3) is 0 Å². The number of nitrogens with one attached hydrogen (secondary N) is 1. The molecule has 0 aliphatic carbocycles. The lowest BCUT2D eigenvalue weighted by Crippen LogP contribution is -2.12. The van der Waals surface area contributed by atoms with Crippen molar-refractivity contribution >= 4 is 28.9 Å². The molecule has 1 amide bonds. The molecule has 5 heteroatoms. The smallest absolute Gasteiger partial charge is 0.224 e. The van der Waals surface area contributed by atoms with E-state index in [2.05, 4.69) is 5.32 Å². The second-order valence-corrected chi connectivity index (χ2v) is 5.00. The van der Waals surface area contributed by atoms with E-state index in [-0.39, 0.29) is 5.91 Å². The van der Waals surface area contributed by atoms with Crippen LogP contribution in [0, 0.1) is 0 Å². The summed E-state index contributed by atoms with van der Waals surface area (Å²) in [6.45, 7) is 0. The largest absolute Gasteiger partial charge is 0.495 e. The van der Waals surface area contributed by atoms with Gasteiger partial charge in [0.1, 0.15) is 5.75 Å². The topological polar surface area (TPSA) is 64.3 Å². The number of nitrogen functional groups attached to an aromatic ring is 1. The van der Waals surface area contributed by atoms with Crippen molar-refractivity contribution in [1.82, 2.24) is 0 Å². The van der Waals surface area contributed by atoms with Gasteiger partial charge in [-0.25, -0.2) is 0 Å². The van der Waals surface area contributed by atoms with E-state index in [1.165, 1.54) is 7.11 Å². The fraction of sp³-hybridized carbons (Fsp3) is 0.188. The van der Waals surface area contributed by atoms with Gasteiger partial charge in [-0.1, -0.05) is 29.8 Å². The quantitative estimate of drug-likeness (QED) is 0.831. The molecule has 4 nitrogen and oxygen atoms in total. The van der Waals surface area contributed by atoms with E-state index in [1.54, 1.807) is 18.2 Å². The average molecular weight is 305 g/mol. The second kappa shape index (κ2) is 6.99. The number of para-hydroxylation sites is 1. The summed E-state index contributed by atoms with van der Waals surface area (Å²) in [6, 6.07) is 12.7. The van der Waals surface area contributed by atoms with Gasteiger partial charge in [-0.3, -0.25) is 4.79 Å². The zero-order chi connectivity index (χ0) is 15.2. The Balaban J connectivity index is 1.94. The third kappa shape index (κ3) is 4.13. The van der Waals surface area contributed by atoms with Gasteiger partial charge in [-0.15, -0.1) is 0 Å². The lowest BCUT2D eigenvalue weighted by Gasteiger charge is -2.09. The van der Waals surface area contributed by atoms with Gasteiger partial charge in [-0.05, 0) is 30.2 Å². The molecule has 0 atom stereocenters. The van der Waals surface area contributed by atoms with Gasteiger partial charge in [0, 0.05) is 23.9 Å². The van der Waals surface area contributed by atoms with Crippen LogP contribution in [-0.2, 0) is 11.2 Å². The molecule has 0 unspecified atom stereocenters. The predicted octanol–water partition coefficient (Wildman–Crippen LogP) is 3.50. The third-order valence-electron chi connectivity index (χ3n) is 3.11. The molecular formula is C16H17ClN2O2. The van der Waals surface area contributed by atoms with Crippen LogP contribution >= 0.6 is 11.6 Å². The molecule has 2 aromatic rings. The number of methoxy groups -OCH3 is 1. The first-order chi connectivity index (χ1) is 10.1. The van der Waals surface area contributed by atoms with Crippen molar-refractivity contribution in [3.05, 3.63) is 53.1 Å². The van der Waals surface area contributed by atoms with Crippen molar-refractivity contribution in [2.24, 2.45) is 0 Å². The fourth-order valence-corrected chi connectivity index (χ4v) is 2.17. The number of amides is 1. The maximum Gasteiger partial charge on any atom is 0.224 e. The molecule has 21 heavy (non-hydrogen) atoms. The maximum absolute atomic E-state index is 12.0. The highest BCUT2D eigenvalue weighted by atomic mass is 35.5. The van der Waals surface area contributed by atoms with Gasteiger partial charge in [0.2, 0.25) is 5.91 Å². The molecule has 0 saturated carbocycles. The number of benzene rings is 2. The van der Waals surface area contributed by atoms with Crippen LogP contribution in [0.5, 0.6) is 5.75 Å². The minimum atomic E-state index is -0.0809. The van der Waals surface area contributed by atoms with Crippen LogP contribution in [0.3, 0.4) is 0 Å². The predicted molar refractivity (Wildman–Crippen MR) is 85.8 cm³/mol. The molecule has 2 rings (SSSR count). The fourth-order valence-electron chi connectivity index (χ4n) is 1.97. The van der Waals surface area contributed by atoms with Crippen LogP contribution in [0.1, 0.15) is 12.0 Å². The standard InChI is InChI=1S/C16H17ClN2O2/c1-21-15-10-12(7-8-13(15)17)19-16(20)9-6-11-4-2-3-5-14(11)18/h2-5,7-8,10H,6,9,18H2,1H3,(H,19,20). The van der Waals surface area contributed by atoms with Crippen molar-refractivity contribution in [1.29, 1.82) is 0 Å². The number of rotatable bonds is 5.